The van der Waals surface area contributed by atoms with Crippen molar-refractivity contribution in [2.75, 3.05) is 23.9 Å². The zero-order valence-corrected chi connectivity index (χ0v) is 17.4. The van der Waals surface area contributed by atoms with Crippen LogP contribution in [0.15, 0.2) is 42.5 Å². The summed E-state index contributed by atoms with van der Waals surface area (Å²) >= 11 is 5.52. The van der Waals surface area contributed by atoms with Crippen molar-refractivity contribution >= 4 is 34.6 Å². The molecule has 1 aliphatic rings. The molecule has 1 aliphatic heterocycles. The van der Waals surface area contributed by atoms with E-state index < -0.39 is 0 Å². The third kappa shape index (κ3) is 4.62. The summed E-state index contributed by atoms with van der Waals surface area (Å²) in [6.45, 7) is 4.94. The van der Waals surface area contributed by atoms with Gasteiger partial charge in [0.25, 0.3) is 0 Å². The van der Waals surface area contributed by atoms with Gasteiger partial charge in [0.1, 0.15) is 5.75 Å². The first-order valence-electron chi connectivity index (χ1n) is 9.64. The molecule has 1 fully saturated rings. The van der Waals surface area contributed by atoms with Gasteiger partial charge >= 0.3 is 0 Å². The Labute approximate surface area is 172 Å². The quantitative estimate of drug-likeness (QED) is 0.700. The number of amides is 1. The number of anilines is 2. The first kappa shape index (κ1) is 20.1. The summed E-state index contributed by atoms with van der Waals surface area (Å²) in [6, 6.07) is 14.1. The molecule has 0 radical (unpaired) electrons. The Balaban J connectivity index is 1.64. The Hall–Kier alpha value is -2.60. The van der Waals surface area contributed by atoms with Crippen molar-refractivity contribution in [2.24, 2.45) is 0 Å². The van der Waals surface area contributed by atoms with Crippen LogP contribution in [0.4, 0.5) is 11.4 Å². The number of carbonyl (C=O) groups is 1. The van der Waals surface area contributed by atoms with Crippen molar-refractivity contribution in [3.8, 4) is 5.75 Å². The lowest BCUT2D eigenvalue weighted by Crippen LogP contribution is -2.32. The number of ether oxygens (including phenoxy) is 1. The van der Waals surface area contributed by atoms with Gasteiger partial charge in [0.15, 0.2) is 5.11 Å². The second-order valence-corrected chi connectivity index (χ2v) is 7.39. The summed E-state index contributed by atoms with van der Waals surface area (Å²) in [5, 5.41) is 7.22. The van der Waals surface area contributed by atoms with Gasteiger partial charge in [-0.25, -0.2) is 0 Å². The van der Waals surface area contributed by atoms with Crippen molar-refractivity contribution in [3.63, 3.8) is 0 Å². The van der Waals surface area contributed by atoms with Crippen LogP contribution in [0.3, 0.4) is 0 Å². The molecule has 3 rings (SSSR count). The number of nitrogens with one attached hydrogen (secondary N) is 2. The normalized spacial score (nSPS) is 14.7. The van der Waals surface area contributed by atoms with E-state index in [1.165, 1.54) is 0 Å². The van der Waals surface area contributed by atoms with Gasteiger partial charge in [-0.2, -0.15) is 0 Å². The van der Waals surface area contributed by atoms with E-state index in [0.29, 0.717) is 11.5 Å². The highest BCUT2D eigenvalue weighted by molar-refractivity contribution is 7.80. The van der Waals surface area contributed by atoms with Gasteiger partial charge in [0.05, 0.1) is 13.2 Å². The van der Waals surface area contributed by atoms with E-state index in [-0.39, 0.29) is 11.9 Å². The third-order valence-corrected chi connectivity index (χ3v) is 5.27. The second kappa shape index (κ2) is 9.06. The molecule has 2 aromatic carbocycles. The molecular formula is C22H27N3O2S. The van der Waals surface area contributed by atoms with Crippen molar-refractivity contribution in [3.05, 3.63) is 53.6 Å². The van der Waals surface area contributed by atoms with Gasteiger partial charge < -0.3 is 20.3 Å². The number of thiocarbonyl (C=S) groups is 1. The largest absolute Gasteiger partial charge is 0.497 e. The summed E-state index contributed by atoms with van der Waals surface area (Å²) in [5.74, 6) is 1.04. The summed E-state index contributed by atoms with van der Waals surface area (Å²) in [6.07, 6.45) is 2.47. The lowest BCUT2D eigenvalue weighted by atomic mass is 10.0. The Morgan fingerprint density at radius 3 is 2.57 bits per heavy atom. The predicted octanol–water partition coefficient (Wildman–Crippen LogP) is 4.57. The van der Waals surface area contributed by atoms with Gasteiger partial charge in [-0.1, -0.05) is 19.1 Å². The molecule has 1 saturated heterocycles. The van der Waals surface area contributed by atoms with Gasteiger partial charge in [0, 0.05) is 24.3 Å². The summed E-state index contributed by atoms with van der Waals surface area (Å²) < 4.78 is 5.22. The molecule has 1 amide bonds. The SMILES string of the molecule is CC[C@@H](NC(=S)Nc1ccc(N2CCCC2=O)c(C)c1)c1ccc(OC)cc1. The molecular weight excluding hydrogens is 370 g/mol. The maximum absolute atomic E-state index is 12.0. The topological polar surface area (TPSA) is 53.6 Å². The number of hydrogen-bond donors (Lipinski definition) is 2. The van der Waals surface area contributed by atoms with Crippen LogP contribution >= 0.6 is 12.2 Å². The maximum atomic E-state index is 12.0. The van der Waals surface area contributed by atoms with E-state index in [1.807, 2.05) is 42.2 Å². The molecule has 0 bridgehead atoms. The Bertz CT molecular complexity index is 851. The Morgan fingerprint density at radius 2 is 2.00 bits per heavy atom. The summed E-state index contributed by atoms with van der Waals surface area (Å²) in [5.41, 5.74) is 4.11. The van der Waals surface area contributed by atoms with Crippen LogP contribution in [0.2, 0.25) is 0 Å². The zero-order chi connectivity index (χ0) is 20.1. The average molecular weight is 398 g/mol. The fourth-order valence-corrected chi connectivity index (χ4v) is 3.78. The second-order valence-electron chi connectivity index (χ2n) is 6.98. The lowest BCUT2D eigenvalue weighted by molar-refractivity contribution is -0.117. The summed E-state index contributed by atoms with van der Waals surface area (Å²) in [7, 11) is 1.66. The molecule has 28 heavy (non-hydrogen) atoms. The van der Waals surface area contributed by atoms with Crippen LogP contribution in [-0.4, -0.2) is 24.7 Å². The standard InChI is InChI=1S/C22H27N3O2S/c1-4-19(16-7-10-18(27-3)11-8-16)24-22(28)23-17-9-12-20(15(2)14-17)25-13-5-6-21(25)26/h7-12,14,19H,4-6,13H2,1-3H3,(H2,23,24,28)/t19-/m1/s1. The lowest BCUT2D eigenvalue weighted by Gasteiger charge is -2.22. The predicted molar refractivity (Wildman–Crippen MR) is 118 cm³/mol. The molecule has 0 spiro atoms. The van der Waals surface area contributed by atoms with E-state index in [4.69, 9.17) is 17.0 Å². The van der Waals surface area contributed by atoms with Crippen LogP contribution in [0.5, 0.6) is 5.75 Å². The number of nitrogens with zero attached hydrogens (tertiary/aromatic N) is 1. The van der Waals surface area contributed by atoms with Crippen molar-refractivity contribution in [1.82, 2.24) is 5.32 Å². The number of carbonyl (C=O) groups excluding carboxylic acids is 1. The van der Waals surface area contributed by atoms with Crippen LogP contribution in [0.1, 0.15) is 43.4 Å². The van der Waals surface area contributed by atoms with Gasteiger partial charge in [-0.3, -0.25) is 4.79 Å². The number of benzene rings is 2. The fourth-order valence-electron chi connectivity index (χ4n) is 3.52. The van der Waals surface area contributed by atoms with Crippen molar-refractivity contribution in [1.29, 1.82) is 0 Å². The van der Waals surface area contributed by atoms with Gasteiger partial charge in [0.2, 0.25) is 5.91 Å². The van der Waals surface area contributed by atoms with Gasteiger partial charge in [-0.15, -0.1) is 0 Å². The highest BCUT2D eigenvalue weighted by Crippen LogP contribution is 2.27. The van der Waals surface area contributed by atoms with E-state index in [9.17, 15) is 4.79 Å². The van der Waals surface area contributed by atoms with E-state index in [0.717, 1.165) is 47.6 Å². The third-order valence-electron chi connectivity index (χ3n) is 5.05. The molecule has 0 aromatic heterocycles. The molecule has 0 aliphatic carbocycles. The molecule has 1 heterocycles. The van der Waals surface area contributed by atoms with E-state index in [2.05, 4.69) is 29.7 Å². The molecule has 1 atom stereocenters. The summed E-state index contributed by atoms with van der Waals surface area (Å²) in [4.78, 5) is 13.9. The van der Waals surface area contributed by atoms with E-state index in [1.54, 1.807) is 7.11 Å². The first-order valence-corrected chi connectivity index (χ1v) is 10.0. The van der Waals surface area contributed by atoms with Crippen LogP contribution in [0.25, 0.3) is 0 Å². The minimum Gasteiger partial charge on any atom is -0.497 e. The molecule has 0 unspecified atom stereocenters. The average Bonchev–Trinajstić information content (AvgIpc) is 3.12. The molecule has 0 saturated carbocycles. The Kier molecular flexibility index (Phi) is 6.52. The number of hydrogen-bond acceptors (Lipinski definition) is 3. The maximum Gasteiger partial charge on any atom is 0.227 e. The minimum absolute atomic E-state index is 0.119. The minimum atomic E-state index is 0.119. The number of aryl methyl sites for hydroxylation is 1. The van der Waals surface area contributed by atoms with Crippen LogP contribution in [-0.2, 0) is 4.79 Å². The first-order chi connectivity index (χ1) is 13.5. The highest BCUT2D eigenvalue weighted by Gasteiger charge is 2.23. The molecule has 6 heteroatoms. The monoisotopic (exact) mass is 397 g/mol. The number of methoxy groups -OCH3 is 1. The smallest absolute Gasteiger partial charge is 0.227 e. The van der Waals surface area contributed by atoms with Crippen molar-refractivity contribution < 1.29 is 9.53 Å². The van der Waals surface area contributed by atoms with Gasteiger partial charge in [-0.05, 0) is 73.4 Å². The molecule has 5 nitrogen and oxygen atoms in total. The molecule has 148 valence electrons. The highest BCUT2D eigenvalue weighted by atomic mass is 32.1. The van der Waals surface area contributed by atoms with Crippen LogP contribution < -0.4 is 20.3 Å². The zero-order valence-electron chi connectivity index (χ0n) is 16.6. The van der Waals surface area contributed by atoms with Crippen LogP contribution in [0, 0.1) is 6.92 Å². The van der Waals surface area contributed by atoms with E-state index >= 15 is 0 Å². The number of rotatable bonds is 6. The molecule has 2 N–H and O–H groups in total. The van der Waals surface area contributed by atoms with Crippen molar-refractivity contribution in [2.45, 2.75) is 39.2 Å². The molecule has 2 aromatic rings. The fraction of sp³-hybridized carbons (Fsp3) is 0.364. The Morgan fingerprint density at radius 1 is 1.25 bits per heavy atom.